The number of carbonyl (C=O) groups excluding carboxylic acids is 2. The Bertz CT molecular complexity index is 707. The molecule has 0 aromatic heterocycles. The molecule has 1 aromatic rings. The molecular weight excluding hydrogens is 314 g/mol. The van der Waals surface area contributed by atoms with Crippen molar-refractivity contribution >= 4 is 12.2 Å². The summed E-state index contributed by atoms with van der Waals surface area (Å²) in [4.78, 5) is 23.4. The van der Waals surface area contributed by atoms with Crippen LogP contribution in [0.15, 0.2) is 18.2 Å². The summed E-state index contributed by atoms with van der Waals surface area (Å²) >= 11 is 0. The summed E-state index contributed by atoms with van der Waals surface area (Å²) in [5.74, 6) is -1.03. The Kier molecular flexibility index (Phi) is 4.35. The molecular formula is C21H29NO3. The molecule has 2 radical (unpaired) electrons. The average molecular weight is 343 g/mol. The van der Waals surface area contributed by atoms with Crippen LogP contribution >= 0.6 is 0 Å². The van der Waals surface area contributed by atoms with Crippen LogP contribution in [0.3, 0.4) is 0 Å². The summed E-state index contributed by atoms with van der Waals surface area (Å²) in [6.45, 7) is 16.2. The van der Waals surface area contributed by atoms with Crippen LogP contribution in [0.1, 0.15) is 66.5 Å². The third kappa shape index (κ3) is 2.96. The van der Waals surface area contributed by atoms with Gasteiger partial charge in [0, 0.05) is 5.41 Å². The largest absolute Gasteiger partial charge is 0.476 e. The monoisotopic (exact) mass is 343 g/mol. The highest BCUT2D eigenvalue weighted by Crippen LogP contribution is 2.63. The van der Waals surface area contributed by atoms with Gasteiger partial charge in [-0.3, -0.25) is 15.3 Å². The fourth-order valence-electron chi connectivity index (χ4n) is 3.46. The number of benzene rings is 1. The minimum absolute atomic E-state index is 0.0145. The second-order valence-corrected chi connectivity index (χ2v) is 9.65. The fraction of sp³-hybridized carbons (Fsp3) is 0.619. The quantitative estimate of drug-likeness (QED) is 0.830. The molecule has 1 amide bonds. The lowest BCUT2D eigenvalue weighted by Gasteiger charge is -2.29. The summed E-state index contributed by atoms with van der Waals surface area (Å²) in [5, 5.41) is 0. The van der Waals surface area contributed by atoms with E-state index < -0.39 is 22.8 Å². The summed E-state index contributed by atoms with van der Waals surface area (Å²) in [7, 11) is 0. The van der Waals surface area contributed by atoms with E-state index in [9.17, 15) is 9.59 Å². The lowest BCUT2D eigenvalue weighted by molar-refractivity contribution is -0.129. The first-order chi connectivity index (χ1) is 11.2. The fourth-order valence-corrected chi connectivity index (χ4v) is 3.46. The number of amides is 1. The highest BCUT2D eigenvalue weighted by molar-refractivity contribution is 5.94. The van der Waals surface area contributed by atoms with Crippen LogP contribution < -0.4 is 10.5 Å². The Morgan fingerprint density at radius 2 is 1.68 bits per heavy atom. The molecule has 2 rings (SSSR count). The predicted octanol–water partition coefficient (Wildman–Crippen LogP) is 3.97. The van der Waals surface area contributed by atoms with Crippen LogP contribution in [0.25, 0.3) is 0 Å². The number of ether oxygens (including phenoxy) is 1. The van der Waals surface area contributed by atoms with Crippen LogP contribution in [-0.4, -0.2) is 17.8 Å². The Balaban J connectivity index is 2.57. The van der Waals surface area contributed by atoms with E-state index in [2.05, 4.69) is 47.6 Å². The summed E-state index contributed by atoms with van der Waals surface area (Å²) in [6, 6.07) is 5.95. The maximum atomic E-state index is 12.1. The maximum Gasteiger partial charge on any atom is 0.283 e. The Morgan fingerprint density at radius 1 is 1.12 bits per heavy atom. The van der Waals surface area contributed by atoms with Gasteiger partial charge in [-0.05, 0) is 28.0 Å². The lowest BCUT2D eigenvalue weighted by atomic mass is 9.80. The SMILES string of the molecule is CC(C)(C)c1ccc(OC2(C([NH])=O)C([C]=O)C2(C)C)c(C(C)(C)C)c1. The van der Waals surface area contributed by atoms with Crippen LogP contribution in [0.4, 0.5) is 0 Å². The minimum atomic E-state index is -1.45. The van der Waals surface area contributed by atoms with E-state index >= 15 is 0 Å². The van der Waals surface area contributed by atoms with Crippen molar-refractivity contribution in [3.8, 4) is 5.75 Å². The highest BCUT2D eigenvalue weighted by atomic mass is 16.5. The molecule has 1 fully saturated rings. The summed E-state index contributed by atoms with van der Waals surface area (Å²) in [5.41, 5.74) is 7.45. The van der Waals surface area contributed by atoms with Gasteiger partial charge in [0.05, 0.1) is 5.92 Å². The Hall–Kier alpha value is -1.84. The van der Waals surface area contributed by atoms with E-state index in [1.807, 2.05) is 18.4 Å². The number of rotatable bonds is 4. The van der Waals surface area contributed by atoms with E-state index in [1.165, 1.54) is 5.56 Å². The smallest absolute Gasteiger partial charge is 0.283 e. The summed E-state index contributed by atoms with van der Waals surface area (Å²) in [6.07, 6.45) is 1.90. The van der Waals surface area contributed by atoms with Crippen molar-refractivity contribution in [2.45, 2.75) is 71.8 Å². The van der Waals surface area contributed by atoms with Crippen LogP contribution in [0, 0.1) is 11.3 Å². The zero-order chi connectivity index (χ0) is 19.4. The molecule has 0 spiro atoms. The average Bonchev–Trinajstić information content (AvgIpc) is 2.92. The Morgan fingerprint density at radius 3 is 2.04 bits per heavy atom. The van der Waals surface area contributed by atoms with Gasteiger partial charge in [0.15, 0.2) is 0 Å². The van der Waals surface area contributed by atoms with Gasteiger partial charge in [0.2, 0.25) is 11.9 Å². The molecule has 2 atom stereocenters. The molecule has 136 valence electrons. The predicted molar refractivity (Wildman–Crippen MR) is 98.3 cm³/mol. The highest BCUT2D eigenvalue weighted by Gasteiger charge is 2.79. The van der Waals surface area contributed by atoms with E-state index in [0.29, 0.717) is 5.75 Å². The number of hydrogen-bond acceptors (Lipinski definition) is 3. The molecule has 25 heavy (non-hydrogen) atoms. The zero-order valence-electron chi connectivity index (χ0n) is 16.5. The van der Waals surface area contributed by atoms with Crippen LogP contribution in [0.5, 0.6) is 5.75 Å². The van der Waals surface area contributed by atoms with Gasteiger partial charge >= 0.3 is 0 Å². The standard InChI is InChI=1S/C21H29NO3/c1-18(2,3)13-9-10-15(14(11-13)19(4,5)6)25-21(17(22)24)16(12-23)20(21,7)8/h9-11,16,22H,1-8H3. The van der Waals surface area contributed by atoms with E-state index in [4.69, 9.17) is 10.5 Å². The number of nitrogens with one attached hydrogen (secondary N) is 1. The summed E-state index contributed by atoms with van der Waals surface area (Å²) < 4.78 is 6.12. The van der Waals surface area contributed by atoms with E-state index in [-0.39, 0.29) is 10.8 Å². The van der Waals surface area contributed by atoms with Gasteiger partial charge in [-0.1, -0.05) is 67.5 Å². The molecule has 1 N–H and O–H groups in total. The topological polar surface area (TPSA) is 67.2 Å². The molecule has 1 saturated carbocycles. The molecule has 0 aliphatic heterocycles. The van der Waals surface area contributed by atoms with Crippen LogP contribution in [-0.2, 0) is 20.4 Å². The van der Waals surface area contributed by atoms with Crippen molar-refractivity contribution < 1.29 is 14.3 Å². The zero-order valence-corrected chi connectivity index (χ0v) is 16.5. The number of carbonyl (C=O) groups is 1. The van der Waals surface area contributed by atoms with Gasteiger partial charge in [-0.25, -0.2) is 0 Å². The molecule has 4 nitrogen and oxygen atoms in total. The molecule has 4 heteroatoms. The van der Waals surface area contributed by atoms with Gasteiger partial charge in [-0.2, -0.15) is 0 Å². The molecule has 0 saturated heterocycles. The van der Waals surface area contributed by atoms with E-state index in [0.717, 1.165) is 5.56 Å². The third-order valence-corrected chi connectivity index (χ3v) is 5.38. The molecule has 0 bridgehead atoms. The lowest BCUT2D eigenvalue weighted by Crippen LogP contribution is -2.37. The first-order valence-electron chi connectivity index (χ1n) is 8.67. The first kappa shape index (κ1) is 19.5. The maximum absolute atomic E-state index is 12.1. The van der Waals surface area contributed by atoms with Gasteiger partial charge in [0.25, 0.3) is 5.91 Å². The van der Waals surface area contributed by atoms with Crippen molar-refractivity contribution in [1.29, 1.82) is 0 Å². The molecule has 2 unspecified atom stereocenters. The molecule has 1 aliphatic rings. The normalized spacial score (nSPS) is 25.4. The minimum Gasteiger partial charge on any atom is -0.476 e. The third-order valence-electron chi connectivity index (χ3n) is 5.38. The molecule has 1 aliphatic carbocycles. The van der Waals surface area contributed by atoms with Crippen LogP contribution in [0.2, 0.25) is 0 Å². The van der Waals surface area contributed by atoms with Gasteiger partial charge in [0.1, 0.15) is 5.75 Å². The number of hydrogen-bond donors (Lipinski definition) is 0. The second kappa shape index (κ2) is 5.58. The van der Waals surface area contributed by atoms with Crippen molar-refractivity contribution in [3.05, 3.63) is 29.3 Å². The van der Waals surface area contributed by atoms with Crippen molar-refractivity contribution in [2.75, 3.05) is 0 Å². The molecule has 0 heterocycles. The first-order valence-corrected chi connectivity index (χ1v) is 8.67. The van der Waals surface area contributed by atoms with E-state index in [1.54, 1.807) is 13.8 Å². The second-order valence-electron chi connectivity index (χ2n) is 9.65. The Labute approximate surface area is 151 Å². The van der Waals surface area contributed by atoms with Gasteiger partial charge in [-0.15, -0.1) is 0 Å². The van der Waals surface area contributed by atoms with Crippen molar-refractivity contribution in [1.82, 2.24) is 5.73 Å². The van der Waals surface area contributed by atoms with Gasteiger partial charge < -0.3 is 4.74 Å². The molecule has 1 aromatic carbocycles. The van der Waals surface area contributed by atoms with Crippen molar-refractivity contribution in [3.63, 3.8) is 0 Å². The van der Waals surface area contributed by atoms with Crippen molar-refractivity contribution in [2.24, 2.45) is 11.3 Å².